The first-order valence-corrected chi connectivity index (χ1v) is 4.67. The number of para-hydroxylation sites is 1. The van der Waals surface area contributed by atoms with Crippen LogP contribution in [0.25, 0.3) is 11.0 Å². The van der Waals surface area contributed by atoms with Crippen LogP contribution >= 0.6 is 15.9 Å². The Morgan fingerprint density at radius 1 is 1.31 bits per heavy atom. The van der Waals surface area contributed by atoms with Gasteiger partial charge >= 0.3 is 0 Å². The van der Waals surface area contributed by atoms with Gasteiger partial charge < -0.3 is 4.42 Å². The van der Waals surface area contributed by atoms with Gasteiger partial charge in [0.25, 0.3) is 0 Å². The summed E-state index contributed by atoms with van der Waals surface area (Å²) in [5, 5.41) is 0.628. The quantitative estimate of drug-likeness (QED) is 0.707. The van der Waals surface area contributed by atoms with Gasteiger partial charge in [-0.05, 0) is 35.0 Å². The fourth-order valence-corrected chi connectivity index (χ4v) is 1.56. The van der Waals surface area contributed by atoms with Crippen molar-refractivity contribution < 1.29 is 4.42 Å². The highest BCUT2D eigenvalue weighted by molar-refractivity contribution is 9.10. The fourth-order valence-electron chi connectivity index (χ4n) is 1.21. The molecule has 1 heterocycles. The van der Waals surface area contributed by atoms with Crippen molar-refractivity contribution in [2.75, 3.05) is 0 Å². The van der Waals surface area contributed by atoms with E-state index in [1.165, 1.54) is 0 Å². The van der Waals surface area contributed by atoms with Crippen LogP contribution in [0.1, 0.15) is 5.56 Å². The summed E-state index contributed by atoms with van der Waals surface area (Å²) in [6, 6.07) is 7.21. The van der Waals surface area contributed by atoms with E-state index in [0.29, 0.717) is 21.2 Å². The Kier molecular flexibility index (Phi) is 1.96. The monoisotopic (exact) mass is 238 g/mol. The van der Waals surface area contributed by atoms with Gasteiger partial charge in [0.05, 0.1) is 5.39 Å². The molecule has 2 rings (SSSR count). The van der Waals surface area contributed by atoms with Crippen molar-refractivity contribution in [3.8, 4) is 0 Å². The zero-order valence-electron chi connectivity index (χ0n) is 7.00. The minimum absolute atomic E-state index is 0.0220. The number of halogens is 1. The van der Waals surface area contributed by atoms with E-state index in [9.17, 15) is 4.79 Å². The number of hydrogen-bond acceptors (Lipinski definition) is 2. The minimum atomic E-state index is 0.0220. The predicted molar refractivity (Wildman–Crippen MR) is 54.9 cm³/mol. The highest BCUT2D eigenvalue weighted by Gasteiger charge is 2.06. The predicted octanol–water partition coefficient (Wildman–Crippen LogP) is 2.86. The molecule has 2 nitrogen and oxygen atoms in total. The molecule has 0 aliphatic rings. The lowest BCUT2D eigenvalue weighted by Crippen LogP contribution is -2.05. The number of benzene rings is 1. The van der Waals surface area contributed by atoms with E-state index in [-0.39, 0.29) is 5.43 Å². The molecule has 1 aromatic carbocycles. The molecule has 0 N–H and O–H groups in total. The molecule has 0 bridgehead atoms. The Morgan fingerprint density at radius 3 is 2.77 bits per heavy atom. The van der Waals surface area contributed by atoms with Gasteiger partial charge in [0.2, 0.25) is 0 Å². The van der Waals surface area contributed by atoms with Gasteiger partial charge in [-0.25, -0.2) is 0 Å². The second-order valence-corrected chi connectivity index (χ2v) is 3.55. The van der Waals surface area contributed by atoms with E-state index >= 15 is 0 Å². The van der Waals surface area contributed by atoms with Crippen molar-refractivity contribution >= 4 is 26.9 Å². The first-order chi connectivity index (χ1) is 6.20. The Labute approximate surface area is 83.3 Å². The molecule has 0 atom stereocenters. The third kappa shape index (κ3) is 1.29. The van der Waals surface area contributed by atoms with E-state index < -0.39 is 0 Å². The molecule has 2 aromatic rings. The first-order valence-electron chi connectivity index (χ1n) is 3.88. The average Bonchev–Trinajstić information content (AvgIpc) is 2.15. The lowest BCUT2D eigenvalue weighted by atomic mass is 10.2. The van der Waals surface area contributed by atoms with E-state index in [4.69, 9.17) is 4.42 Å². The maximum Gasteiger partial charge on any atom is 0.196 e. The van der Waals surface area contributed by atoms with Crippen LogP contribution < -0.4 is 5.43 Å². The molecule has 0 spiro atoms. The van der Waals surface area contributed by atoms with E-state index in [1.54, 1.807) is 19.1 Å². The molecular formula is C10H7BrO2. The normalized spacial score (nSPS) is 10.6. The van der Waals surface area contributed by atoms with Crippen LogP contribution in [0.15, 0.2) is 38.1 Å². The maximum atomic E-state index is 11.7. The van der Waals surface area contributed by atoms with Crippen LogP contribution in [-0.4, -0.2) is 0 Å². The Balaban J connectivity index is 3.03. The van der Waals surface area contributed by atoms with Crippen molar-refractivity contribution in [1.82, 2.24) is 0 Å². The van der Waals surface area contributed by atoms with Gasteiger partial charge in [0.1, 0.15) is 5.58 Å². The SMILES string of the molecule is Cc1c(Br)oc2ccccc2c1=O. The zero-order valence-corrected chi connectivity index (χ0v) is 8.59. The summed E-state index contributed by atoms with van der Waals surface area (Å²) in [7, 11) is 0. The highest BCUT2D eigenvalue weighted by atomic mass is 79.9. The van der Waals surface area contributed by atoms with Crippen LogP contribution in [0.2, 0.25) is 0 Å². The molecule has 0 saturated carbocycles. The van der Waals surface area contributed by atoms with Crippen LogP contribution in [0.5, 0.6) is 0 Å². The summed E-state index contributed by atoms with van der Waals surface area (Å²) in [6.45, 7) is 1.74. The summed E-state index contributed by atoms with van der Waals surface area (Å²) >= 11 is 3.20. The van der Waals surface area contributed by atoms with Crippen molar-refractivity contribution in [3.63, 3.8) is 0 Å². The highest BCUT2D eigenvalue weighted by Crippen LogP contribution is 2.18. The van der Waals surface area contributed by atoms with Crippen molar-refractivity contribution in [2.24, 2.45) is 0 Å². The minimum Gasteiger partial charge on any atom is -0.449 e. The summed E-state index contributed by atoms with van der Waals surface area (Å²) in [5.74, 6) is 0. The van der Waals surface area contributed by atoms with Gasteiger partial charge in [0, 0.05) is 5.56 Å². The molecule has 0 radical (unpaired) electrons. The molecule has 13 heavy (non-hydrogen) atoms. The summed E-state index contributed by atoms with van der Waals surface area (Å²) in [5.41, 5.74) is 1.25. The maximum absolute atomic E-state index is 11.7. The van der Waals surface area contributed by atoms with Gasteiger partial charge in [-0.3, -0.25) is 4.79 Å². The van der Waals surface area contributed by atoms with Gasteiger partial charge in [0.15, 0.2) is 10.1 Å². The molecule has 1 aromatic heterocycles. The second-order valence-electron chi connectivity index (χ2n) is 2.83. The van der Waals surface area contributed by atoms with Crippen LogP contribution in [-0.2, 0) is 0 Å². The fraction of sp³-hybridized carbons (Fsp3) is 0.100. The van der Waals surface area contributed by atoms with Crippen molar-refractivity contribution in [2.45, 2.75) is 6.92 Å². The molecule has 0 saturated heterocycles. The zero-order chi connectivity index (χ0) is 9.42. The van der Waals surface area contributed by atoms with E-state index in [2.05, 4.69) is 15.9 Å². The van der Waals surface area contributed by atoms with Gasteiger partial charge in [-0.2, -0.15) is 0 Å². The Morgan fingerprint density at radius 2 is 2.00 bits per heavy atom. The lowest BCUT2D eigenvalue weighted by molar-refractivity contribution is 0.567. The van der Waals surface area contributed by atoms with Crippen LogP contribution in [0, 0.1) is 6.92 Å². The summed E-state index contributed by atoms with van der Waals surface area (Å²) in [4.78, 5) is 11.7. The van der Waals surface area contributed by atoms with Crippen LogP contribution in [0.3, 0.4) is 0 Å². The Bertz CT molecular complexity index is 514. The van der Waals surface area contributed by atoms with E-state index in [0.717, 1.165) is 0 Å². The molecule has 0 unspecified atom stereocenters. The molecule has 0 aliphatic heterocycles. The standard InChI is InChI=1S/C10H7BrO2/c1-6-9(12)7-4-2-3-5-8(7)13-10(6)11/h2-5H,1H3. The largest absolute Gasteiger partial charge is 0.449 e. The van der Waals surface area contributed by atoms with Crippen molar-refractivity contribution in [3.05, 3.63) is 44.7 Å². The molecule has 66 valence electrons. The van der Waals surface area contributed by atoms with Crippen molar-refractivity contribution in [1.29, 1.82) is 0 Å². The number of hydrogen-bond donors (Lipinski definition) is 0. The molecule has 0 fully saturated rings. The third-order valence-corrected chi connectivity index (χ3v) is 2.72. The van der Waals surface area contributed by atoms with Gasteiger partial charge in [-0.1, -0.05) is 12.1 Å². The average molecular weight is 239 g/mol. The molecule has 0 amide bonds. The number of rotatable bonds is 0. The first kappa shape index (κ1) is 8.51. The Hall–Kier alpha value is -1.09. The lowest BCUT2D eigenvalue weighted by Gasteiger charge is -1.99. The third-order valence-electron chi connectivity index (χ3n) is 1.97. The summed E-state index contributed by atoms with van der Waals surface area (Å²) < 4.78 is 5.90. The van der Waals surface area contributed by atoms with Gasteiger partial charge in [-0.15, -0.1) is 0 Å². The second kappa shape index (κ2) is 3.00. The topological polar surface area (TPSA) is 30.2 Å². The summed E-state index contributed by atoms with van der Waals surface area (Å²) in [6.07, 6.45) is 0. The number of fused-ring (bicyclic) bond motifs is 1. The molecular weight excluding hydrogens is 232 g/mol. The molecule has 0 aliphatic carbocycles. The smallest absolute Gasteiger partial charge is 0.196 e. The van der Waals surface area contributed by atoms with Crippen LogP contribution in [0.4, 0.5) is 0 Å². The van der Waals surface area contributed by atoms with E-state index in [1.807, 2.05) is 12.1 Å². The molecule has 3 heteroatoms.